The van der Waals surface area contributed by atoms with Crippen LogP contribution in [-0.4, -0.2) is 27.1 Å². The first kappa shape index (κ1) is 15.3. The Morgan fingerprint density at radius 2 is 1.76 bits per heavy atom. The third-order valence-corrected chi connectivity index (χ3v) is 4.09. The van der Waals surface area contributed by atoms with Crippen LogP contribution in [0.3, 0.4) is 0 Å². The van der Waals surface area contributed by atoms with Gasteiger partial charge in [0.2, 0.25) is 0 Å². The minimum Gasteiger partial charge on any atom is -0.485 e. The number of Topliss-reactive ketones (excluding diaryl/α,β-unsaturated/α-hetero) is 1. The zero-order valence-electron chi connectivity index (χ0n) is 11.9. The molecule has 0 aliphatic heterocycles. The average molecular weight is 304 g/mol. The van der Waals surface area contributed by atoms with E-state index in [1.54, 1.807) is 24.3 Å². The fourth-order valence-electron chi connectivity index (χ4n) is 1.77. The molecule has 0 aromatic heterocycles. The third kappa shape index (κ3) is 4.16. The molecule has 0 aliphatic carbocycles. The van der Waals surface area contributed by atoms with Gasteiger partial charge in [0, 0.05) is 11.8 Å². The molecule has 21 heavy (non-hydrogen) atoms. The summed E-state index contributed by atoms with van der Waals surface area (Å²) in [6.07, 6.45) is 1.13. The summed E-state index contributed by atoms with van der Waals surface area (Å²) in [5.74, 6) is 0.207. The van der Waals surface area contributed by atoms with E-state index in [-0.39, 0.29) is 17.3 Å². The van der Waals surface area contributed by atoms with Crippen molar-refractivity contribution in [2.75, 3.05) is 12.9 Å². The number of ether oxygens (including phenoxy) is 1. The van der Waals surface area contributed by atoms with Gasteiger partial charge >= 0.3 is 0 Å². The predicted molar refractivity (Wildman–Crippen MR) is 80.6 cm³/mol. The normalized spacial score (nSPS) is 11.1. The minimum atomic E-state index is -3.29. The first-order chi connectivity index (χ1) is 9.86. The molecule has 0 spiro atoms. The van der Waals surface area contributed by atoms with Crippen LogP contribution in [-0.2, 0) is 9.84 Å². The van der Waals surface area contributed by atoms with Gasteiger partial charge < -0.3 is 4.74 Å². The van der Waals surface area contributed by atoms with E-state index in [9.17, 15) is 13.2 Å². The molecule has 2 rings (SSSR count). The monoisotopic (exact) mass is 304 g/mol. The highest BCUT2D eigenvalue weighted by Gasteiger charge is 2.10. The Labute approximate surface area is 124 Å². The first-order valence-electron chi connectivity index (χ1n) is 6.39. The summed E-state index contributed by atoms with van der Waals surface area (Å²) >= 11 is 0. The second kappa shape index (κ2) is 6.10. The van der Waals surface area contributed by atoms with Crippen LogP contribution in [0.4, 0.5) is 0 Å². The largest absolute Gasteiger partial charge is 0.485 e. The Morgan fingerprint density at radius 1 is 1.10 bits per heavy atom. The number of hydrogen-bond acceptors (Lipinski definition) is 4. The van der Waals surface area contributed by atoms with E-state index >= 15 is 0 Å². The average Bonchev–Trinajstić information content (AvgIpc) is 2.45. The van der Waals surface area contributed by atoms with Crippen molar-refractivity contribution in [1.29, 1.82) is 0 Å². The lowest BCUT2D eigenvalue weighted by Gasteiger charge is -2.07. The Kier molecular flexibility index (Phi) is 4.43. The van der Waals surface area contributed by atoms with E-state index in [1.807, 2.05) is 19.1 Å². The molecular formula is C16H16O4S. The second-order valence-corrected chi connectivity index (χ2v) is 6.84. The van der Waals surface area contributed by atoms with Crippen molar-refractivity contribution >= 4 is 15.6 Å². The Bertz CT molecular complexity index is 746. The molecule has 0 radical (unpaired) electrons. The molecule has 110 valence electrons. The molecule has 4 nitrogen and oxygen atoms in total. The number of aryl methyl sites for hydroxylation is 1. The molecule has 5 heteroatoms. The van der Waals surface area contributed by atoms with Gasteiger partial charge in [-0.15, -0.1) is 0 Å². The summed E-state index contributed by atoms with van der Waals surface area (Å²) in [6.45, 7) is 1.82. The predicted octanol–water partition coefficient (Wildman–Crippen LogP) is 2.66. The molecule has 0 atom stereocenters. The van der Waals surface area contributed by atoms with E-state index in [1.165, 1.54) is 12.1 Å². The zero-order valence-corrected chi connectivity index (χ0v) is 12.7. The molecule has 2 aromatic rings. The molecule has 0 heterocycles. The van der Waals surface area contributed by atoms with Gasteiger partial charge in [0.05, 0.1) is 4.90 Å². The molecular weight excluding hydrogens is 288 g/mol. The highest BCUT2D eigenvalue weighted by atomic mass is 32.2. The van der Waals surface area contributed by atoms with Gasteiger partial charge in [-0.05, 0) is 25.1 Å². The number of carbonyl (C=O) groups is 1. The number of rotatable bonds is 5. The topological polar surface area (TPSA) is 60.4 Å². The summed E-state index contributed by atoms with van der Waals surface area (Å²) in [7, 11) is -3.29. The van der Waals surface area contributed by atoms with Gasteiger partial charge in [-0.3, -0.25) is 4.79 Å². The lowest BCUT2D eigenvalue weighted by molar-refractivity contribution is 0.0921. The van der Waals surface area contributed by atoms with Crippen LogP contribution in [0.5, 0.6) is 5.75 Å². The number of hydrogen-bond donors (Lipinski definition) is 0. The SMILES string of the molecule is Cc1ccc(C(=O)COc2cccc(S(C)(=O)=O)c2)cc1. The standard InChI is InChI=1S/C16H16O4S/c1-12-6-8-13(9-7-12)16(17)11-20-14-4-3-5-15(10-14)21(2,18)19/h3-10H,11H2,1-2H3. The van der Waals surface area contributed by atoms with Gasteiger partial charge in [0.25, 0.3) is 0 Å². The van der Waals surface area contributed by atoms with Crippen LogP contribution in [0.1, 0.15) is 15.9 Å². The van der Waals surface area contributed by atoms with Crippen LogP contribution in [0.25, 0.3) is 0 Å². The van der Waals surface area contributed by atoms with Crippen LogP contribution in [0.15, 0.2) is 53.4 Å². The Hall–Kier alpha value is -2.14. The van der Waals surface area contributed by atoms with Gasteiger partial charge in [-0.1, -0.05) is 35.9 Å². The third-order valence-electron chi connectivity index (χ3n) is 2.98. The van der Waals surface area contributed by atoms with Crippen LogP contribution >= 0.6 is 0 Å². The maximum atomic E-state index is 12.0. The van der Waals surface area contributed by atoms with Gasteiger partial charge in [0.15, 0.2) is 22.2 Å². The van der Waals surface area contributed by atoms with Crippen LogP contribution in [0, 0.1) is 6.92 Å². The minimum absolute atomic E-state index is 0.129. The van der Waals surface area contributed by atoms with Crippen molar-refractivity contribution in [1.82, 2.24) is 0 Å². The molecule has 2 aromatic carbocycles. The summed E-state index contributed by atoms with van der Waals surface area (Å²) < 4.78 is 28.3. The second-order valence-electron chi connectivity index (χ2n) is 4.82. The number of sulfone groups is 1. The number of benzene rings is 2. The smallest absolute Gasteiger partial charge is 0.200 e. The van der Waals surface area contributed by atoms with Gasteiger partial charge in [-0.25, -0.2) is 8.42 Å². The van der Waals surface area contributed by atoms with E-state index < -0.39 is 9.84 Å². The highest BCUT2D eigenvalue weighted by Crippen LogP contribution is 2.17. The van der Waals surface area contributed by atoms with Crippen molar-refractivity contribution in [3.8, 4) is 5.75 Å². The van der Waals surface area contributed by atoms with Crippen molar-refractivity contribution in [3.63, 3.8) is 0 Å². The summed E-state index contributed by atoms with van der Waals surface area (Å²) in [5.41, 5.74) is 1.65. The van der Waals surface area contributed by atoms with Crippen molar-refractivity contribution < 1.29 is 17.9 Å². The molecule has 0 fully saturated rings. The van der Waals surface area contributed by atoms with E-state index in [0.29, 0.717) is 11.3 Å². The molecule has 0 aliphatic rings. The number of ketones is 1. The van der Waals surface area contributed by atoms with E-state index in [4.69, 9.17) is 4.74 Å². The van der Waals surface area contributed by atoms with Crippen molar-refractivity contribution in [2.45, 2.75) is 11.8 Å². The fourth-order valence-corrected chi connectivity index (χ4v) is 2.42. The molecule has 0 amide bonds. The van der Waals surface area contributed by atoms with Gasteiger partial charge in [0.1, 0.15) is 5.75 Å². The lowest BCUT2D eigenvalue weighted by atomic mass is 10.1. The van der Waals surface area contributed by atoms with E-state index in [2.05, 4.69) is 0 Å². The Balaban J connectivity index is 2.06. The first-order valence-corrected chi connectivity index (χ1v) is 8.28. The molecule has 0 N–H and O–H groups in total. The van der Waals surface area contributed by atoms with Crippen LogP contribution < -0.4 is 4.74 Å². The maximum absolute atomic E-state index is 12.0. The summed E-state index contributed by atoms with van der Waals surface area (Å²) in [6, 6.07) is 13.3. The summed E-state index contributed by atoms with van der Waals surface area (Å²) in [4.78, 5) is 12.1. The van der Waals surface area contributed by atoms with Crippen molar-refractivity contribution in [3.05, 3.63) is 59.7 Å². The molecule has 0 unspecified atom stereocenters. The van der Waals surface area contributed by atoms with Gasteiger partial charge in [-0.2, -0.15) is 0 Å². The highest BCUT2D eigenvalue weighted by molar-refractivity contribution is 7.90. The quantitative estimate of drug-likeness (QED) is 0.797. The molecule has 0 bridgehead atoms. The molecule has 0 saturated heterocycles. The summed E-state index contributed by atoms with van der Waals surface area (Å²) in [5, 5.41) is 0. The van der Waals surface area contributed by atoms with Crippen LogP contribution in [0.2, 0.25) is 0 Å². The number of carbonyl (C=O) groups excluding carboxylic acids is 1. The van der Waals surface area contributed by atoms with Crippen molar-refractivity contribution in [2.24, 2.45) is 0 Å². The fraction of sp³-hybridized carbons (Fsp3) is 0.188. The zero-order chi connectivity index (χ0) is 15.5. The van der Waals surface area contributed by atoms with E-state index in [0.717, 1.165) is 11.8 Å². The molecule has 0 saturated carbocycles. The Morgan fingerprint density at radius 3 is 2.38 bits per heavy atom. The maximum Gasteiger partial charge on any atom is 0.200 e. The lowest BCUT2D eigenvalue weighted by Crippen LogP contribution is -2.11.